The van der Waals surface area contributed by atoms with Gasteiger partial charge in [0.2, 0.25) is 0 Å². The molecule has 0 bridgehead atoms. The van der Waals surface area contributed by atoms with Gasteiger partial charge in [-0.25, -0.2) is 19.9 Å². The van der Waals surface area contributed by atoms with Crippen LogP contribution < -0.4 is 10.6 Å². The average molecular weight is 855 g/mol. The lowest BCUT2D eigenvalue weighted by Gasteiger charge is -2.20. The molecule has 0 fully saturated rings. The van der Waals surface area contributed by atoms with E-state index in [-0.39, 0.29) is 22.9 Å². The van der Waals surface area contributed by atoms with E-state index in [1.54, 1.807) is 24.8 Å². The number of nitrogens with one attached hydrogen (secondary N) is 5. The maximum absolute atomic E-state index is 13.2. The van der Waals surface area contributed by atoms with E-state index in [2.05, 4.69) is 86.6 Å². The summed E-state index contributed by atoms with van der Waals surface area (Å²) in [6.45, 7) is 23.9. The SMILES string of the molecule is CCc1cccc2c(-c3cnc4[nH]cc(C(=O)NC(C)(C)C)c4n3)[nH]nc12.CCc1cccc2c(-c3cnc4c(n3)c(C(=O)NC(C)(C)C)cn4COCC[Si](C)(C)C)[nH]nc12. The van der Waals surface area contributed by atoms with Crippen LogP contribution in [0.15, 0.2) is 61.2 Å². The molecule has 0 aliphatic carbocycles. The van der Waals surface area contributed by atoms with Crippen molar-refractivity contribution >= 4 is 64.0 Å². The molecule has 0 aliphatic rings. The third-order valence-corrected chi connectivity index (χ3v) is 12.0. The Hall–Kier alpha value is -6.26. The van der Waals surface area contributed by atoms with Crippen LogP contribution in [0.3, 0.4) is 0 Å². The van der Waals surface area contributed by atoms with Crippen molar-refractivity contribution in [1.82, 2.24) is 60.5 Å². The second kappa shape index (κ2) is 17.2. The zero-order valence-electron chi connectivity index (χ0n) is 37.7. The van der Waals surface area contributed by atoms with Crippen molar-refractivity contribution in [1.29, 1.82) is 0 Å². The number of fused-ring (bicyclic) bond motifs is 4. The highest BCUT2D eigenvalue weighted by molar-refractivity contribution is 6.76. The summed E-state index contributed by atoms with van der Waals surface area (Å²) >= 11 is 0. The van der Waals surface area contributed by atoms with Crippen LogP contribution in [0.5, 0.6) is 0 Å². The van der Waals surface area contributed by atoms with Gasteiger partial charge in [-0.05, 0) is 71.6 Å². The van der Waals surface area contributed by atoms with Crippen LogP contribution in [-0.4, -0.2) is 87.5 Å². The minimum absolute atomic E-state index is 0.178. The van der Waals surface area contributed by atoms with Gasteiger partial charge in [0.05, 0.1) is 45.9 Å². The van der Waals surface area contributed by atoms with Gasteiger partial charge in [0.1, 0.15) is 29.2 Å². The van der Waals surface area contributed by atoms with Crippen LogP contribution in [0.4, 0.5) is 0 Å². The van der Waals surface area contributed by atoms with E-state index >= 15 is 0 Å². The second-order valence-corrected chi connectivity index (χ2v) is 24.5. The molecule has 0 radical (unpaired) electrons. The summed E-state index contributed by atoms with van der Waals surface area (Å²) in [5.74, 6) is -0.361. The fourth-order valence-electron chi connectivity index (χ4n) is 7.13. The van der Waals surface area contributed by atoms with Crippen molar-refractivity contribution in [3.63, 3.8) is 0 Å². The van der Waals surface area contributed by atoms with Crippen molar-refractivity contribution < 1.29 is 14.3 Å². The number of aromatic amines is 3. The molecule has 6 aromatic heterocycles. The van der Waals surface area contributed by atoms with Crippen molar-refractivity contribution in [3.05, 3.63) is 83.4 Å². The Labute approximate surface area is 362 Å². The number of rotatable bonds is 11. The first kappa shape index (κ1) is 43.8. The molecule has 5 N–H and O–H groups in total. The third kappa shape index (κ3) is 9.61. The van der Waals surface area contributed by atoms with Crippen molar-refractivity contribution in [2.24, 2.45) is 0 Å². The molecule has 15 nitrogen and oxygen atoms in total. The summed E-state index contributed by atoms with van der Waals surface area (Å²) < 4.78 is 7.83. The number of ether oxygens (including phenoxy) is 1. The largest absolute Gasteiger partial charge is 0.361 e. The molecule has 324 valence electrons. The molecule has 0 unspecified atom stereocenters. The zero-order chi connectivity index (χ0) is 44.6. The molecule has 0 aliphatic heterocycles. The Kier molecular flexibility index (Phi) is 12.2. The number of aryl methyl sites for hydroxylation is 2. The van der Waals surface area contributed by atoms with E-state index in [0.717, 1.165) is 52.1 Å². The summed E-state index contributed by atoms with van der Waals surface area (Å²) in [5.41, 5.74) is 9.68. The van der Waals surface area contributed by atoms with Gasteiger partial charge in [-0.3, -0.25) is 19.8 Å². The van der Waals surface area contributed by atoms with Gasteiger partial charge >= 0.3 is 0 Å². The van der Waals surface area contributed by atoms with Gasteiger partial charge in [-0.1, -0.05) is 69.9 Å². The van der Waals surface area contributed by atoms with Crippen molar-refractivity contribution in [2.75, 3.05) is 6.61 Å². The van der Waals surface area contributed by atoms with E-state index in [9.17, 15) is 9.59 Å². The highest BCUT2D eigenvalue weighted by Gasteiger charge is 2.24. The number of carbonyl (C=O) groups is 2. The number of amides is 2. The molecular weight excluding hydrogens is 797 g/mol. The quantitative estimate of drug-likeness (QED) is 0.0623. The molecule has 2 aromatic carbocycles. The second-order valence-electron chi connectivity index (χ2n) is 18.9. The maximum Gasteiger partial charge on any atom is 0.255 e. The standard InChI is InChI=1S/C26H36N6O2Si.C20H22N6O/c1-8-17-10-9-11-18-21(17)30-31-22(18)20-14-27-24-23(28-20)19(25(33)29-26(2,3)4)15-32(24)16-34-12-13-35(5,6)7;1-5-11-7-6-8-12-15(11)25-26-16(12)14-10-22-18-17(23-14)13(9-21-18)19(27)24-20(2,3)4/h9-11,14-15H,8,12-13,16H2,1-7H3,(H,29,33)(H,30,31);6-10H,5H2,1-4H3,(H,21,22)(H,24,27)(H,25,26). The lowest BCUT2D eigenvalue weighted by atomic mass is 10.1. The highest BCUT2D eigenvalue weighted by Crippen LogP contribution is 2.31. The Morgan fingerprint density at radius 2 is 1.26 bits per heavy atom. The molecule has 16 heteroatoms. The van der Waals surface area contributed by atoms with Crippen LogP contribution in [0, 0.1) is 0 Å². The van der Waals surface area contributed by atoms with Gasteiger partial charge < -0.3 is 24.9 Å². The molecule has 0 spiro atoms. The van der Waals surface area contributed by atoms with Crippen molar-refractivity contribution in [3.8, 4) is 22.8 Å². The average Bonchev–Trinajstić information content (AvgIpc) is 4.01. The number of hydrogen-bond acceptors (Lipinski definition) is 9. The number of para-hydroxylation sites is 2. The fourth-order valence-corrected chi connectivity index (χ4v) is 7.89. The van der Waals surface area contributed by atoms with Crippen molar-refractivity contribution in [2.45, 2.75) is 112 Å². The molecule has 8 rings (SSSR count). The summed E-state index contributed by atoms with van der Waals surface area (Å²) in [4.78, 5) is 47.6. The van der Waals surface area contributed by atoms with Crippen LogP contribution in [-0.2, 0) is 24.3 Å². The first-order valence-corrected chi connectivity index (χ1v) is 24.9. The zero-order valence-corrected chi connectivity index (χ0v) is 38.7. The smallest absolute Gasteiger partial charge is 0.255 e. The minimum atomic E-state index is -1.19. The molecule has 0 atom stereocenters. The first-order valence-electron chi connectivity index (χ1n) is 21.2. The Balaban J connectivity index is 0.000000192. The summed E-state index contributed by atoms with van der Waals surface area (Å²) in [5, 5.41) is 23.2. The normalized spacial score (nSPS) is 12.3. The summed E-state index contributed by atoms with van der Waals surface area (Å²) in [6.07, 6.45) is 8.67. The fraction of sp³-hybridized carbons (Fsp3) is 0.391. The molecule has 8 aromatic rings. The number of hydrogen-bond donors (Lipinski definition) is 5. The van der Waals surface area contributed by atoms with E-state index in [4.69, 9.17) is 19.7 Å². The van der Waals surface area contributed by atoms with E-state index in [1.165, 1.54) is 11.1 Å². The number of benzene rings is 2. The molecule has 2 amide bonds. The van der Waals surface area contributed by atoms with E-state index in [1.807, 2.05) is 70.4 Å². The number of carbonyl (C=O) groups excluding carboxylic acids is 2. The maximum atomic E-state index is 13.2. The van der Waals surface area contributed by atoms with Crippen LogP contribution in [0.2, 0.25) is 25.7 Å². The van der Waals surface area contributed by atoms with Gasteiger partial charge in [0.15, 0.2) is 11.3 Å². The van der Waals surface area contributed by atoms with Gasteiger partial charge in [0.25, 0.3) is 11.8 Å². The summed E-state index contributed by atoms with van der Waals surface area (Å²) in [7, 11) is -1.19. The highest BCUT2D eigenvalue weighted by atomic mass is 28.3. The molecule has 62 heavy (non-hydrogen) atoms. The van der Waals surface area contributed by atoms with Gasteiger partial charge in [0, 0.05) is 48.9 Å². The topological polar surface area (TPSA) is 197 Å². The molecule has 0 saturated heterocycles. The lowest BCUT2D eigenvalue weighted by Crippen LogP contribution is -2.40. The number of H-pyrrole nitrogens is 3. The minimum Gasteiger partial charge on any atom is -0.361 e. The predicted octanol–water partition coefficient (Wildman–Crippen LogP) is 8.97. The predicted molar refractivity (Wildman–Crippen MR) is 249 cm³/mol. The van der Waals surface area contributed by atoms with Gasteiger partial charge in [-0.15, -0.1) is 0 Å². The molecule has 0 saturated carbocycles. The lowest BCUT2D eigenvalue weighted by molar-refractivity contribution is 0.0884. The van der Waals surface area contributed by atoms with E-state index < -0.39 is 8.07 Å². The molecule has 6 heterocycles. The van der Waals surface area contributed by atoms with E-state index in [0.29, 0.717) is 58.2 Å². The van der Waals surface area contributed by atoms with Gasteiger partial charge in [-0.2, -0.15) is 10.2 Å². The number of aromatic nitrogens is 10. The summed E-state index contributed by atoms with van der Waals surface area (Å²) in [6, 6.07) is 13.3. The van der Waals surface area contributed by atoms with Crippen LogP contribution in [0.25, 0.3) is 66.9 Å². The van der Waals surface area contributed by atoms with Crippen LogP contribution >= 0.6 is 0 Å². The number of nitrogens with zero attached hydrogens (tertiary/aromatic N) is 7. The Morgan fingerprint density at radius 1 is 0.726 bits per heavy atom. The first-order chi connectivity index (χ1) is 29.3. The Morgan fingerprint density at radius 3 is 1.79 bits per heavy atom. The third-order valence-electron chi connectivity index (χ3n) is 10.3. The molecular formula is C46H58N12O3Si. The van der Waals surface area contributed by atoms with Crippen LogP contribution in [0.1, 0.15) is 87.2 Å². The monoisotopic (exact) mass is 854 g/mol. The Bertz CT molecular complexity index is 2900.